The van der Waals surface area contributed by atoms with Crippen molar-refractivity contribution in [3.05, 3.63) is 44.8 Å². The molecule has 2 amide bonds. The van der Waals surface area contributed by atoms with Crippen LogP contribution in [0.5, 0.6) is 5.75 Å². The first kappa shape index (κ1) is 23.6. The summed E-state index contributed by atoms with van der Waals surface area (Å²) in [4.78, 5) is 25.8. The lowest BCUT2D eigenvalue weighted by Crippen LogP contribution is -2.27. The topological polar surface area (TPSA) is 81.4 Å². The third-order valence-electron chi connectivity index (χ3n) is 5.93. The normalized spacial score (nSPS) is 16.0. The highest BCUT2D eigenvalue weighted by molar-refractivity contribution is 7.17. The van der Waals surface area contributed by atoms with E-state index in [-0.39, 0.29) is 11.3 Å². The van der Waals surface area contributed by atoms with E-state index in [2.05, 4.69) is 26.1 Å². The van der Waals surface area contributed by atoms with Gasteiger partial charge in [-0.1, -0.05) is 32.4 Å². The number of hydrogen-bond acceptors (Lipinski definition) is 4. The van der Waals surface area contributed by atoms with Crippen LogP contribution in [0, 0.1) is 18.3 Å². The van der Waals surface area contributed by atoms with Crippen LogP contribution in [0.25, 0.3) is 0 Å². The molecule has 0 bridgehead atoms. The van der Waals surface area contributed by atoms with Gasteiger partial charge in [0.05, 0.1) is 12.2 Å². The molecule has 1 aromatic heterocycles. The average Bonchev–Trinajstić information content (AvgIpc) is 3.03. The Bertz CT molecular complexity index is 978. The van der Waals surface area contributed by atoms with E-state index < -0.39 is 5.91 Å². The molecule has 0 aliphatic heterocycles. The molecule has 1 atom stereocenters. The summed E-state index contributed by atoms with van der Waals surface area (Å²) in [6, 6.07) is 5.46. The third-order valence-corrected chi connectivity index (χ3v) is 7.34. The maximum atomic E-state index is 12.5. The van der Waals surface area contributed by atoms with Gasteiger partial charge in [0.25, 0.3) is 5.91 Å². The van der Waals surface area contributed by atoms with E-state index in [0.29, 0.717) is 41.0 Å². The van der Waals surface area contributed by atoms with E-state index >= 15 is 0 Å². The van der Waals surface area contributed by atoms with E-state index in [4.69, 9.17) is 22.1 Å². The van der Waals surface area contributed by atoms with Gasteiger partial charge in [-0.2, -0.15) is 0 Å². The molecule has 5 nitrogen and oxygen atoms in total. The molecule has 1 aliphatic rings. The molecule has 0 radical (unpaired) electrons. The Balaban J connectivity index is 1.59. The second-order valence-electron chi connectivity index (χ2n) is 9.29. The van der Waals surface area contributed by atoms with Gasteiger partial charge in [-0.15, -0.1) is 11.3 Å². The molecule has 31 heavy (non-hydrogen) atoms. The Morgan fingerprint density at radius 1 is 1.32 bits per heavy atom. The molecule has 1 aromatic carbocycles. The summed E-state index contributed by atoms with van der Waals surface area (Å²) in [5.74, 6) is 0.713. The summed E-state index contributed by atoms with van der Waals surface area (Å²) in [6.07, 6.45) is 3.65. The molecule has 1 heterocycles. The summed E-state index contributed by atoms with van der Waals surface area (Å²) >= 11 is 7.46. The number of anilines is 1. The van der Waals surface area contributed by atoms with Crippen molar-refractivity contribution in [2.75, 3.05) is 11.9 Å². The zero-order chi connectivity index (χ0) is 22.8. The maximum Gasteiger partial charge on any atom is 0.251 e. The molecule has 1 unspecified atom stereocenters. The quantitative estimate of drug-likeness (QED) is 0.513. The van der Waals surface area contributed by atoms with Gasteiger partial charge >= 0.3 is 0 Å². The van der Waals surface area contributed by atoms with Crippen molar-refractivity contribution in [1.29, 1.82) is 0 Å². The Kier molecular flexibility index (Phi) is 7.32. The first-order valence-electron chi connectivity index (χ1n) is 10.7. The number of carbonyl (C=O) groups excluding carboxylic acids is 2. The van der Waals surface area contributed by atoms with Gasteiger partial charge in [0.1, 0.15) is 10.8 Å². The van der Waals surface area contributed by atoms with Crippen LogP contribution < -0.4 is 15.8 Å². The fourth-order valence-electron chi connectivity index (χ4n) is 4.05. The number of benzene rings is 1. The number of halogens is 1. The molecular formula is C24H31ClN2O3S. The van der Waals surface area contributed by atoms with Gasteiger partial charge < -0.3 is 15.8 Å². The number of primary amides is 1. The van der Waals surface area contributed by atoms with Gasteiger partial charge in [-0.05, 0) is 73.3 Å². The highest BCUT2D eigenvalue weighted by Crippen LogP contribution is 2.44. The van der Waals surface area contributed by atoms with Crippen molar-refractivity contribution in [3.8, 4) is 5.75 Å². The fourth-order valence-corrected chi connectivity index (χ4v) is 5.63. The van der Waals surface area contributed by atoms with Crippen LogP contribution in [0.15, 0.2) is 18.2 Å². The molecule has 0 saturated carbocycles. The van der Waals surface area contributed by atoms with Crippen molar-refractivity contribution < 1.29 is 14.3 Å². The maximum absolute atomic E-state index is 12.5. The number of amides is 2. The lowest BCUT2D eigenvalue weighted by atomic mass is 9.72. The van der Waals surface area contributed by atoms with Crippen LogP contribution in [0.3, 0.4) is 0 Å². The standard InChI is InChI=1S/C24H31ClN2O3S/c1-14-12-16(25)8-10-18(14)30-11-5-6-20(28)27-23-21(22(26)29)17-9-7-15(24(2,3)4)13-19(17)31-23/h8,10,12,15H,5-7,9,11,13H2,1-4H3,(H2,26,29)(H,27,28). The van der Waals surface area contributed by atoms with Crippen molar-refractivity contribution in [1.82, 2.24) is 0 Å². The monoisotopic (exact) mass is 462 g/mol. The number of hydrogen-bond donors (Lipinski definition) is 2. The molecule has 0 saturated heterocycles. The molecule has 3 rings (SSSR count). The predicted molar refractivity (Wildman–Crippen MR) is 127 cm³/mol. The van der Waals surface area contributed by atoms with Crippen LogP contribution in [0.2, 0.25) is 5.02 Å². The van der Waals surface area contributed by atoms with Crippen molar-refractivity contribution >= 4 is 39.8 Å². The van der Waals surface area contributed by atoms with E-state index in [1.54, 1.807) is 6.07 Å². The van der Waals surface area contributed by atoms with Gasteiger partial charge in [-0.3, -0.25) is 9.59 Å². The van der Waals surface area contributed by atoms with Gasteiger partial charge in [-0.25, -0.2) is 0 Å². The molecule has 0 spiro atoms. The zero-order valence-electron chi connectivity index (χ0n) is 18.6. The average molecular weight is 463 g/mol. The van der Waals surface area contributed by atoms with Crippen LogP contribution in [0.4, 0.5) is 5.00 Å². The number of carbonyl (C=O) groups is 2. The molecule has 0 fully saturated rings. The van der Waals surface area contributed by atoms with E-state index in [0.717, 1.165) is 36.1 Å². The Labute approximate surface area is 193 Å². The van der Waals surface area contributed by atoms with E-state index in [1.807, 2.05) is 19.1 Å². The van der Waals surface area contributed by atoms with Gasteiger partial charge in [0, 0.05) is 16.3 Å². The largest absolute Gasteiger partial charge is 0.493 e. The van der Waals surface area contributed by atoms with E-state index in [9.17, 15) is 9.59 Å². The smallest absolute Gasteiger partial charge is 0.251 e. The number of rotatable bonds is 7. The summed E-state index contributed by atoms with van der Waals surface area (Å²) in [7, 11) is 0. The summed E-state index contributed by atoms with van der Waals surface area (Å²) in [5.41, 5.74) is 8.36. The summed E-state index contributed by atoms with van der Waals surface area (Å²) < 4.78 is 5.75. The molecule has 7 heteroatoms. The molecule has 3 N–H and O–H groups in total. The first-order valence-corrected chi connectivity index (χ1v) is 11.9. The Hall–Kier alpha value is -2.05. The van der Waals surface area contributed by atoms with Crippen molar-refractivity contribution in [2.24, 2.45) is 17.1 Å². The van der Waals surface area contributed by atoms with Crippen LogP contribution >= 0.6 is 22.9 Å². The molecular weight excluding hydrogens is 432 g/mol. The van der Waals surface area contributed by atoms with Crippen LogP contribution in [-0.2, 0) is 17.6 Å². The third kappa shape index (κ3) is 5.80. The lowest BCUT2D eigenvalue weighted by molar-refractivity contribution is -0.116. The minimum absolute atomic E-state index is 0.134. The highest BCUT2D eigenvalue weighted by Gasteiger charge is 2.33. The zero-order valence-corrected chi connectivity index (χ0v) is 20.2. The SMILES string of the molecule is Cc1cc(Cl)ccc1OCCCC(=O)Nc1sc2c(c1C(N)=O)CCC(C(C)(C)C)C2. The second kappa shape index (κ2) is 9.61. The molecule has 2 aromatic rings. The summed E-state index contributed by atoms with van der Waals surface area (Å²) in [6.45, 7) is 9.11. The Morgan fingerprint density at radius 2 is 2.06 bits per heavy atom. The predicted octanol–water partition coefficient (Wildman–Crippen LogP) is 5.76. The van der Waals surface area contributed by atoms with Gasteiger partial charge in [0.2, 0.25) is 5.91 Å². The number of nitrogens with two attached hydrogens (primary N) is 1. The Morgan fingerprint density at radius 3 is 2.71 bits per heavy atom. The highest BCUT2D eigenvalue weighted by atomic mass is 35.5. The van der Waals surface area contributed by atoms with Crippen molar-refractivity contribution in [3.63, 3.8) is 0 Å². The minimum atomic E-state index is -0.469. The number of thiophene rings is 1. The van der Waals surface area contributed by atoms with Crippen LogP contribution in [0.1, 0.15) is 66.4 Å². The van der Waals surface area contributed by atoms with Crippen molar-refractivity contribution in [2.45, 2.75) is 59.8 Å². The molecule has 1 aliphatic carbocycles. The first-order chi connectivity index (χ1) is 14.6. The van der Waals surface area contributed by atoms with Crippen LogP contribution in [-0.4, -0.2) is 18.4 Å². The summed E-state index contributed by atoms with van der Waals surface area (Å²) in [5, 5.41) is 4.18. The van der Waals surface area contributed by atoms with Gasteiger partial charge in [0.15, 0.2) is 0 Å². The fraction of sp³-hybridized carbons (Fsp3) is 0.500. The van der Waals surface area contributed by atoms with E-state index in [1.165, 1.54) is 16.2 Å². The number of ether oxygens (including phenoxy) is 1. The number of aryl methyl sites for hydroxylation is 1. The number of nitrogens with one attached hydrogen (secondary N) is 1. The minimum Gasteiger partial charge on any atom is -0.493 e. The lowest BCUT2D eigenvalue weighted by Gasteiger charge is -2.33. The second-order valence-corrected chi connectivity index (χ2v) is 10.8. The molecule has 168 valence electrons. The number of fused-ring (bicyclic) bond motifs is 1.